The van der Waals surface area contributed by atoms with Crippen LogP contribution in [0.5, 0.6) is 17.2 Å². The van der Waals surface area contributed by atoms with E-state index in [4.69, 9.17) is 18.6 Å². The fraction of sp³-hybridized carbons (Fsp3) is 0.148. The first kappa shape index (κ1) is 22.2. The highest BCUT2D eigenvalue weighted by molar-refractivity contribution is 6.02. The molecule has 0 fully saturated rings. The standard InChI is InChI=1S/C27H21NO7/c1-28-22-11-17(5-10-24(22)34-15-26(28)30)23(29)14-33-19-8-9-20-21(13-27(31)35-25(20)12-19)16-3-6-18(32-2)7-4-16/h3-13H,14-15H2,1-2H3. The lowest BCUT2D eigenvalue weighted by molar-refractivity contribution is -0.120. The SMILES string of the molecule is COc1ccc(-c2cc(=O)oc3cc(OCC(=O)c4ccc5c(c4)N(C)C(=O)CO5)ccc23)cc1. The van der Waals surface area contributed by atoms with Gasteiger partial charge < -0.3 is 23.5 Å². The summed E-state index contributed by atoms with van der Waals surface area (Å²) in [6, 6.07) is 18.8. The second-order valence-electron chi connectivity index (χ2n) is 8.00. The van der Waals surface area contributed by atoms with E-state index >= 15 is 0 Å². The summed E-state index contributed by atoms with van der Waals surface area (Å²) in [7, 11) is 3.23. The van der Waals surface area contributed by atoms with Gasteiger partial charge >= 0.3 is 5.63 Å². The molecule has 0 unspecified atom stereocenters. The van der Waals surface area contributed by atoms with Gasteiger partial charge in [0.2, 0.25) is 0 Å². The number of hydrogen-bond acceptors (Lipinski definition) is 7. The maximum atomic E-state index is 12.7. The third kappa shape index (κ3) is 4.33. The molecule has 0 saturated carbocycles. The average molecular weight is 471 g/mol. The van der Waals surface area contributed by atoms with Gasteiger partial charge in [0.05, 0.1) is 12.8 Å². The minimum Gasteiger partial charge on any atom is -0.497 e. The molecule has 8 nitrogen and oxygen atoms in total. The Morgan fingerprint density at radius 2 is 1.74 bits per heavy atom. The number of ketones is 1. The van der Waals surface area contributed by atoms with Crippen LogP contribution in [0.3, 0.4) is 0 Å². The fourth-order valence-electron chi connectivity index (χ4n) is 3.92. The Kier molecular flexibility index (Phi) is 5.70. The zero-order chi connectivity index (χ0) is 24.5. The van der Waals surface area contributed by atoms with E-state index < -0.39 is 5.63 Å². The highest BCUT2D eigenvalue weighted by Crippen LogP contribution is 2.33. The van der Waals surface area contributed by atoms with Crippen molar-refractivity contribution in [2.75, 3.05) is 32.3 Å². The minimum absolute atomic E-state index is 0.0296. The number of rotatable bonds is 6. The van der Waals surface area contributed by atoms with Gasteiger partial charge in [0.1, 0.15) is 22.8 Å². The normalized spacial score (nSPS) is 12.7. The molecule has 0 saturated heterocycles. The molecule has 3 aromatic carbocycles. The van der Waals surface area contributed by atoms with Crippen LogP contribution in [0.1, 0.15) is 10.4 Å². The average Bonchev–Trinajstić information content (AvgIpc) is 2.88. The maximum Gasteiger partial charge on any atom is 0.336 e. The zero-order valence-electron chi connectivity index (χ0n) is 19.1. The van der Waals surface area contributed by atoms with Crippen LogP contribution in [-0.2, 0) is 4.79 Å². The van der Waals surface area contributed by atoms with Crippen molar-refractivity contribution in [3.63, 3.8) is 0 Å². The molecule has 1 aromatic heterocycles. The maximum absolute atomic E-state index is 12.7. The number of ether oxygens (including phenoxy) is 3. The number of methoxy groups -OCH3 is 1. The van der Waals surface area contributed by atoms with E-state index in [1.54, 1.807) is 50.6 Å². The highest BCUT2D eigenvalue weighted by Gasteiger charge is 2.23. The molecule has 1 aliphatic rings. The predicted octanol–water partition coefficient (Wildman–Crippen LogP) is 4.09. The fourth-order valence-corrected chi connectivity index (χ4v) is 3.92. The lowest BCUT2D eigenvalue weighted by Gasteiger charge is -2.26. The van der Waals surface area contributed by atoms with Gasteiger partial charge in [0.25, 0.3) is 5.91 Å². The highest BCUT2D eigenvalue weighted by atomic mass is 16.5. The summed E-state index contributed by atoms with van der Waals surface area (Å²) in [5, 5.41) is 0.732. The minimum atomic E-state index is -0.494. The first-order chi connectivity index (χ1) is 16.9. The molecular formula is C27H21NO7. The first-order valence-electron chi connectivity index (χ1n) is 10.8. The topological polar surface area (TPSA) is 95.3 Å². The van der Waals surface area contributed by atoms with Gasteiger partial charge in [0, 0.05) is 30.1 Å². The summed E-state index contributed by atoms with van der Waals surface area (Å²) in [4.78, 5) is 38.3. The van der Waals surface area contributed by atoms with Crippen molar-refractivity contribution < 1.29 is 28.2 Å². The Morgan fingerprint density at radius 1 is 0.971 bits per heavy atom. The van der Waals surface area contributed by atoms with Crippen molar-refractivity contribution in [3.05, 3.63) is 82.7 Å². The van der Waals surface area contributed by atoms with Crippen LogP contribution < -0.4 is 24.7 Å². The Labute approximate surface area is 200 Å². The van der Waals surface area contributed by atoms with Gasteiger partial charge in [-0.2, -0.15) is 0 Å². The molecule has 0 bridgehead atoms. The number of likely N-dealkylation sites (N-methyl/N-ethyl adjacent to an activating group) is 1. The summed E-state index contributed by atoms with van der Waals surface area (Å²) in [5.41, 5.74) is 2.34. The number of Topliss-reactive ketones (excluding diaryl/α,β-unsaturated/α-hetero) is 1. The number of carbonyl (C=O) groups excluding carboxylic acids is 2. The Morgan fingerprint density at radius 3 is 2.51 bits per heavy atom. The van der Waals surface area contributed by atoms with E-state index in [2.05, 4.69) is 0 Å². The largest absolute Gasteiger partial charge is 0.497 e. The van der Waals surface area contributed by atoms with E-state index in [9.17, 15) is 14.4 Å². The molecule has 5 rings (SSSR count). The van der Waals surface area contributed by atoms with Gasteiger partial charge in [0.15, 0.2) is 19.0 Å². The van der Waals surface area contributed by atoms with Gasteiger partial charge in [-0.05, 0) is 53.6 Å². The van der Waals surface area contributed by atoms with Crippen LogP contribution in [0.4, 0.5) is 5.69 Å². The number of anilines is 1. The lowest BCUT2D eigenvalue weighted by atomic mass is 10.0. The van der Waals surface area contributed by atoms with Crippen molar-refractivity contribution in [1.82, 2.24) is 0 Å². The summed E-state index contributed by atoms with van der Waals surface area (Å²) in [6.45, 7) is -0.261. The van der Waals surface area contributed by atoms with Crippen molar-refractivity contribution in [2.45, 2.75) is 0 Å². The molecule has 35 heavy (non-hydrogen) atoms. The van der Waals surface area contributed by atoms with Gasteiger partial charge in [-0.1, -0.05) is 12.1 Å². The van der Waals surface area contributed by atoms with Crippen molar-refractivity contribution in [1.29, 1.82) is 0 Å². The molecule has 8 heteroatoms. The third-order valence-corrected chi connectivity index (χ3v) is 5.85. The molecule has 2 heterocycles. The van der Waals surface area contributed by atoms with E-state index in [1.165, 1.54) is 11.0 Å². The van der Waals surface area contributed by atoms with E-state index in [0.717, 1.165) is 16.5 Å². The number of benzene rings is 3. The molecule has 0 atom stereocenters. The molecule has 0 radical (unpaired) electrons. The smallest absolute Gasteiger partial charge is 0.336 e. The number of carbonyl (C=O) groups is 2. The third-order valence-electron chi connectivity index (χ3n) is 5.85. The number of hydrogen-bond donors (Lipinski definition) is 0. The first-order valence-corrected chi connectivity index (χ1v) is 10.8. The van der Waals surface area contributed by atoms with E-state index in [-0.39, 0.29) is 24.9 Å². The van der Waals surface area contributed by atoms with Crippen LogP contribution >= 0.6 is 0 Å². The van der Waals surface area contributed by atoms with Gasteiger partial charge in [-0.15, -0.1) is 0 Å². The van der Waals surface area contributed by atoms with E-state index in [1.807, 2.05) is 24.3 Å². The van der Waals surface area contributed by atoms with Crippen LogP contribution in [0, 0.1) is 0 Å². The van der Waals surface area contributed by atoms with Crippen molar-refractivity contribution in [3.8, 4) is 28.4 Å². The quantitative estimate of drug-likeness (QED) is 0.309. The molecule has 0 aliphatic carbocycles. The Balaban J connectivity index is 1.37. The summed E-state index contributed by atoms with van der Waals surface area (Å²) in [6.07, 6.45) is 0. The second kappa shape index (κ2) is 8.98. The summed E-state index contributed by atoms with van der Waals surface area (Å²) in [5.74, 6) is 1.18. The van der Waals surface area contributed by atoms with Crippen LogP contribution in [0.15, 0.2) is 75.9 Å². The van der Waals surface area contributed by atoms with Crippen molar-refractivity contribution >= 4 is 28.3 Å². The summed E-state index contributed by atoms with van der Waals surface area (Å²) < 4.78 is 21.7. The molecule has 4 aromatic rings. The number of amides is 1. The Bertz CT molecular complexity index is 1500. The molecule has 0 spiro atoms. The molecule has 1 aliphatic heterocycles. The number of fused-ring (bicyclic) bond motifs is 2. The van der Waals surface area contributed by atoms with Crippen LogP contribution in [0.2, 0.25) is 0 Å². The summed E-state index contributed by atoms with van der Waals surface area (Å²) >= 11 is 0. The second-order valence-corrected chi connectivity index (χ2v) is 8.00. The molecule has 176 valence electrons. The Hall–Kier alpha value is -4.59. The monoisotopic (exact) mass is 471 g/mol. The van der Waals surface area contributed by atoms with E-state index in [0.29, 0.717) is 34.1 Å². The molecule has 0 N–H and O–H groups in total. The van der Waals surface area contributed by atoms with Crippen LogP contribution in [-0.4, -0.2) is 39.1 Å². The van der Waals surface area contributed by atoms with Crippen LogP contribution in [0.25, 0.3) is 22.1 Å². The number of nitrogens with zero attached hydrogens (tertiary/aromatic N) is 1. The molecular weight excluding hydrogens is 450 g/mol. The lowest BCUT2D eigenvalue weighted by Crippen LogP contribution is -2.35. The molecule has 1 amide bonds. The van der Waals surface area contributed by atoms with Gasteiger partial charge in [-0.3, -0.25) is 9.59 Å². The van der Waals surface area contributed by atoms with Gasteiger partial charge in [-0.25, -0.2) is 4.79 Å². The van der Waals surface area contributed by atoms with Crippen molar-refractivity contribution in [2.24, 2.45) is 0 Å². The zero-order valence-corrected chi connectivity index (χ0v) is 19.1. The predicted molar refractivity (Wildman–Crippen MR) is 130 cm³/mol.